The summed E-state index contributed by atoms with van der Waals surface area (Å²) in [5, 5.41) is 3.44. The van der Waals surface area contributed by atoms with Crippen LogP contribution in [0.15, 0.2) is 0 Å². The number of rotatable bonds is 4. The normalized spacial score (nSPS) is 12.3. The van der Waals surface area contributed by atoms with Crippen molar-refractivity contribution in [3.05, 3.63) is 0 Å². The summed E-state index contributed by atoms with van der Waals surface area (Å²) < 4.78 is 4.95. The van der Waals surface area contributed by atoms with Crippen LogP contribution in [0.1, 0.15) is 13.3 Å². The molecule has 0 aliphatic rings. The van der Waals surface area contributed by atoms with Crippen LogP contribution >= 0.6 is 12.2 Å². The predicted molar refractivity (Wildman–Crippen MR) is 49.0 cm³/mol. The van der Waals surface area contributed by atoms with E-state index in [4.69, 9.17) is 22.8 Å². The van der Waals surface area contributed by atoms with Gasteiger partial charge in [-0.2, -0.15) is 0 Å². The molecule has 0 aromatic rings. The quantitative estimate of drug-likeness (QED) is 0.314. The third kappa shape index (κ3) is 4.94. The highest BCUT2D eigenvalue weighted by Crippen LogP contribution is 1.90. The summed E-state index contributed by atoms with van der Waals surface area (Å²) in [6, 6.07) is 0.239. The minimum atomic E-state index is 0.239. The Morgan fingerprint density at radius 2 is 2.36 bits per heavy atom. The first-order valence-corrected chi connectivity index (χ1v) is 3.91. The van der Waals surface area contributed by atoms with Crippen LogP contribution in [-0.2, 0) is 4.74 Å². The number of hydrazine groups is 1. The van der Waals surface area contributed by atoms with Crippen molar-refractivity contribution in [2.45, 2.75) is 19.4 Å². The second-order valence-electron chi connectivity index (χ2n) is 2.18. The van der Waals surface area contributed by atoms with Gasteiger partial charge in [0.15, 0.2) is 5.11 Å². The van der Waals surface area contributed by atoms with Gasteiger partial charge in [0.25, 0.3) is 0 Å². The molecule has 0 heterocycles. The van der Waals surface area contributed by atoms with E-state index in [0.29, 0.717) is 11.7 Å². The lowest BCUT2D eigenvalue weighted by Crippen LogP contribution is -2.46. The number of ether oxygens (including phenoxy) is 1. The van der Waals surface area contributed by atoms with E-state index < -0.39 is 0 Å². The molecule has 4 N–H and O–H groups in total. The molecule has 0 aromatic carbocycles. The van der Waals surface area contributed by atoms with Gasteiger partial charge in [0.05, 0.1) is 12.6 Å². The second-order valence-corrected chi connectivity index (χ2v) is 2.59. The summed E-state index contributed by atoms with van der Waals surface area (Å²) in [6.45, 7) is 2.69. The monoisotopic (exact) mass is 177 g/mol. The fourth-order valence-corrected chi connectivity index (χ4v) is 0.856. The number of hydrogen-bond acceptors (Lipinski definition) is 3. The second kappa shape index (κ2) is 6.33. The van der Waals surface area contributed by atoms with Crippen molar-refractivity contribution in [3.63, 3.8) is 0 Å². The van der Waals surface area contributed by atoms with Gasteiger partial charge in [-0.05, 0) is 18.6 Å². The van der Waals surface area contributed by atoms with Gasteiger partial charge in [-0.15, -0.1) is 0 Å². The predicted octanol–water partition coefficient (Wildman–Crippen LogP) is -0.251. The molecule has 0 aromatic heterocycles. The van der Waals surface area contributed by atoms with E-state index >= 15 is 0 Å². The van der Waals surface area contributed by atoms with Crippen molar-refractivity contribution in [2.75, 3.05) is 13.7 Å². The minimum absolute atomic E-state index is 0.239. The van der Waals surface area contributed by atoms with Crippen molar-refractivity contribution in [1.82, 2.24) is 10.7 Å². The van der Waals surface area contributed by atoms with Crippen molar-refractivity contribution >= 4 is 17.3 Å². The summed E-state index contributed by atoms with van der Waals surface area (Å²) in [6.07, 6.45) is 0.954. The first-order valence-electron chi connectivity index (χ1n) is 3.50. The van der Waals surface area contributed by atoms with Crippen LogP contribution in [0.25, 0.3) is 0 Å². The van der Waals surface area contributed by atoms with Crippen molar-refractivity contribution in [1.29, 1.82) is 0 Å². The van der Waals surface area contributed by atoms with Crippen LogP contribution in [0.5, 0.6) is 0 Å². The number of nitrogens with one attached hydrogen (secondary N) is 2. The standard InChI is InChI=1S/C6H15N3OS/c1-3-5(4-10-2)8-6(11)9-7/h5H,3-4,7H2,1-2H3,(H2,8,9,11). The molecule has 11 heavy (non-hydrogen) atoms. The summed E-state index contributed by atoms with van der Waals surface area (Å²) in [7, 11) is 1.66. The van der Waals surface area contributed by atoms with E-state index in [9.17, 15) is 0 Å². The van der Waals surface area contributed by atoms with Crippen LogP contribution in [0.3, 0.4) is 0 Å². The van der Waals surface area contributed by atoms with Crippen LogP contribution in [0, 0.1) is 0 Å². The molecule has 66 valence electrons. The van der Waals surface area contributed by atoms with Crippen molar-refractivity contribution < 1.29 is 4.74 Å². The van der Waals surface area contributed by atoms with Crippen molar-refractivity contribution in [2.24, 2.45) is 5.84 Å². The molecule has 0 rings (SSSR count). The average Bonchev–Trinajstić information content (AvgIpc) is 2.03. The molecule has 0 fully saturated rings. The van der Waals surface area contributed by atoms with Gasteiger partial charge in [-0.25, -0.2) is 5.84 Å². The molecule has 4 nitrogen and oxygen atoms in total. The smallest absolute Gasteiger partial charge is 0.180 e. The molecule has 0 saturated heterocycles. The van der Waals surface area contributed by atoms with Gasteiger partial charge in [-0.1, -0.05) is 6.92 Å². The molecular weight excluding hydrogens is 162 g/mol. The molecule has 0 aliphatic heterocycles. The van der Waals surface area contributed by atoms with Crippen LogP contribution in [-0.4, -0.2) is 24.9 Å². The van der Waals surface area contributed by atoms with E-state index in [1.807, 2.05) is 0 Å². The summed E-state index contributed by atoms with van der Waals surface area (Å²) in [4.78, 5) is 0. The number of thiocarbonyl (C=S) groups is 1. The molecule has 0 radical (unpaired) electrons. The van der Waals surface area contributed by atoms with E-state index in [0.717, 1.165) is 6.42 Å². The summed E-state index contributed by atoms with van der Waals surface area (Å²) in [5.74, 6) is 5.08. The first-order chi connectivity index (χ1) is 5.24. The highest BCUT2D eigenvalue weighted by molar-refractivity contribution is 7.80. The maximum Gasteiger partial charge on any atom is 0.180 e. The SMILES string of the molecule is CCC(COC)NC(=S)NN. The molecule has 0 spiro atoms. The Morgan fingerprint density at radius 1 is 1.73 bits per heavy atom. The van der Waals surface area contributed by atoms with E-state index in [2.05, 4.69) is 17.7 Å². The fourth-order valence-electron chi connectivity index (χ4n) is 0.690. The number of methoxy groups -OCH3 is 1. The minimum Gasteiger partial charge on any atom is -0.383 e. The largest absolute Gasteiger partial charge is 0.383 e. The fraction of sp³-hybridized carbons (Fsp3) is 0.833. The maximum absolute atomic E-state index is 5.08. The Hall–Kier alpha value is -0.390. The maximum atomic E-state index is 5.08. The molecule has 1 atom stereocenters. The Bertz CT molecular complexity index is 120. The van der Waals surface area contributed by atoms with Gasteiger partial charge in [0.1, 0.15) is 0 Å². The molecule has 0 amide bonds. The Balaban J connectivity index is 3.58. The molecular formula is C6H15N3OS. The number of hydrogen-bond donors (Lipinski definition) is 3. The first kappa shape index (κ1) is 10.6. The molecule has 0 saturated carbocycles. The lowest BCUT2D eigenvalue weighted by Gasteiger charge is -2.16. The Kier molecular flexibility index (Phi) is 6.10. The van der Waals surface area contributed by atoms with Gasteiger partial charge in [0.2, 0.25) is 0 Å². The zero-order chi connectivity index (χ0) is 8.69. The van der Waals surface area contributed by atoms with Crippen LogP contribution < -0.4 is 16.6 Å². The third-order valence-electron chi connectivity index (χ3n) is 1.33. The molecule has 5 heteroatoms. The topological polar surface area (TPSA) is 59.3 Å². The van der Waals surface area contributed by atoms with Crippen LogP contribution in [0.4, 0.5) is 0 Å². The zero-order valence-electron chi connectivity index (χ0n) is 6.89. The lowest BCUT2D eigenvalue weighted by molar-refractivity contribution is 0.172. The Labute approximate surface area is 72.4 Å². The highest BCUT2D eigenvalue weighted by atomic mass is 32.1. The molecule has 1 unspecified atom stereocenters. The van der Waals surface area contributed by atoms with Gasteiger partial charge >= 0.3 is 0 Å². The zero-order valence-corrected chi connectivity index (χ0v) is 7.70. The summed E-state index contributed by atoms with van der Waals surface area (Å²) in [5.41, 5.74) is 2.35. The van der Waals surface area contributed by atoms with E-state index in [-0.39, 0.29) is 6.04 Å². The van der Waals surface area contributed by atoms with E-state index in [1.165, 1.54) is 0 Å². The van der Waals surface area contributed by atoms with Crippen molar-refractivity contribution in [3.8, 4) is 0 Å². The average molecular weight is 177 g/mol. The van der Waals surface area contributed by atoms with Crippen LogP contribution in [0.2, 0.25) is 0 Å². The van der Waals surface area contributed by atoms with Gasteiger partial charge in [-0.3, -0.25) is 0 Å². The number of nitrogens with two attached hydrogens (primary N) is 1. The van der Waals surface area contributed by atoms with Gasteiger partial charge in [0, 0.05) is 7.11 Å². The summed E-state index contributed by atoms with van der Waals surface area (Å²) >= 11 is 4.81. The molecule has 0 bridgehead atoms. The highest BCUT2D eigenvalue weighted by Gasteiger charge is 2.05. The Morgan fingerprint density at radius 3 is 2.73 bits per heavy atom. The van der Waals surface area contributed by atoms with E-state index in [1.54, 1.807) is 7.11 Å². The van der Waals surface area contributed by atoms with Gasteiger partial charge < -0.3 is 15.5 Å². The lowest BCUT2D eigenvalue weighted by atomic mass is 10.2. The molecule has 0 aliphatic carbocycles. The third-order valence-corrected chi connectivity index (χ3v) is 1.56.